The topological polar surface area (TPSA) is 109 Å². The minimum atomic E-state index is -0.302. The highest BCUT2D eigenvalue weighted by Crippen LogP contribution is 2.18. The second kappa shape index (κ2) is 12.8. The van der Waals surface area contributed by atoms with Gasteiger partial charge in [-0.1, -0.05) is 24.8 Å². The van der Waals surface area contributed by atoms with E-state index in [0.29, 0.717) is 23.6 Å². The Balaban J connectivity index is 1.40. The maximum Gasteiger partial charge on any atom is 0.274 e. The van der Waals surface area contributed by atoms with Gasteiger partial charge in [0.05, 0.1) is 30.4 Å². The molecule has 0 spiro atoms. The number of nitrogens with one attached hydrogen (secondary N) is 2. The van der Waals surface area contributed by atoms with Gasteiger partial charge in [-0.25, -0.2) is 4.98 Å². The van der Waals surface area contributed by atoms with Gasteiger partial charge < -0.3 is 26.0 Å². The smallest absolute Gasteiger partial charge is 0.274 e. The first kappa shape index (κ1) is 26.1. The number of rotatable bonds is 11. The molecule has 0 atom stereocenters. The number of amides is 1. The lowest BCUT2D eigenvalue weighted by molar-refractivity contribution is 0.0364. The lowest BCUT2D eigenvalue weighted by Gasteiger charge is -2.30. The van der Waals surface area contributed by atoms with Crippen LogP contribution < -0.4 is 16.4 Å². The zero-order chi connectivity index (χ0) is 26.0. The van der Waals surface area contributed by atoms with Gasteiger partial charge in [-0.2, -0.15) is 0 Å². The lowest BCUT2D eigenvalue weighted by atomic mass is 10.2. The van der Waals surface area contributed by atoms with Gasteiger partial charge in [0.15, 0.2) is 0 Å². The van der Waals surface area contributed by atoms with Crippen molar-refractivity contribution in [3.8, 4) is 0 Å². The van der Waals surface area contributed by atoms with Crippen LogP contribution >= 0.6 is 0 Å². The number of ether oxygens (including phenoxy) is 1. The largest absolute Gasteiger partial charge is 0.397 e. The van der Waals surface area contributed by atoms with Crippen LogP contribution in [-0.4, -0.2) is 65.1 Å². The standard InChI is InChI=1S/C28H35N7O2/c1-21-10-11-30-27(18-21)32-22(2)35(13-5-12-34-14-16-37-17-15-34)20-23-8-9-26(31-19-23)28(36)33-25-7-4-3-6-24(25)29/h3-4,6-11,18-19H,2,5,12-17,20,29H2,1H3,(H,30,32)(H,33,36). The lowest BCUT2D eigenvalue weighted by Crippen LogP contribution is -2.38. The highest BCUT2D eigenvalue weighted by Gasteiger charge is 2.15. The van der Waals surface area contributed by atoms with Crippen molar-refractivity contribution in [2.45, 2.75) is 19.9 Å². The molecule has 3 aromatic rings. The van der Waals surface area contributed by atoms with Gasteiger partial charge >= 0.3 is 0 Å². The number of para-hydroxylation sites is 2. The number of carbonyl (C=O) groups excluding carboxylic acids is 1. The minimum absolute atomic E-state index is 0.302. The highest BCUT2D eigenvalue weighted by atomic mass is 16.5. The Morgan fingerprint density at radius 2 is 1.95 bits per heavy atom. The molecule has 1 aliphatic rings. The number of morpholine rings is 1. The predicted molar refractivity (Wildman–Crippen MR) is 147 cm³/mol. The van der Waals surface area contributed by atoms with Crippen molar-refractivity contribution in [3.63, 3.8) is 0 Å². The van der Waals surface area contributed by atoms with E-state index >= 15 is 0 Å². The zero-order valence-corrected chi connectivity index (χ0v) is 21.3. The van der Waals surface area contributed by atoms with Crippen molar-refractivity contribution >= 4 is 23.1 Å². The van der Waals surface area contributed by atoms with Crippen molar-refractivity contribution in [1.82, 2.24) is 19.8 Å². The summed E-state index contributed by atoms with van der Waals surface area (Å²) in [7, 11) is 0. The van der Waals surface area contributed by atoms with Crippen molar-refractivity contribution in [2.75, 3.05) is 55.8 Å². The predicted octanol–water partition coefficient (Wildman–Crippen LogP) is 3.73. The van der Waals surface area contributed by atoms with Crippen molar-refractivity contribution in [3.05, 3.63) is 90.1 Å². The third-order valence-corrected chi connectivity index (χ3v) is 6.22. The SMILES string of the molecule is C=C(Nc1cc(C)ccn1)N(CCCN1CCOCC1)Cc1ccc(C(=O)Nc2ccccc2N)nc1. The van der Waals surface area contributed by atoms with Gasteiger partial charge in [0.25, 0.3) is 5.91 Å². The molecule has 4 rings (SSSR count). The number of nitrogen functional groups attached to an aromatic ring is 1. The summed E-state index contributed by atoms with van der Waals surface area (Å²) in [5.41, 5.74) is 9.44. The molecular weight excluding hydrogens is 466 g/mol. The molecule has 37 heavy (non-hydrogen) atoms. The first-order valence-electron chi connectivity index (χ1n) is 12.5. The molecule has 0 unspecified atom stereocenters. The second-order valence-electron chi connectivity index (χ2n) is 9.11. The number of pyridine rings is 2. The Hall–Kier alpha value is -3.95. The molecule has 9 heteroatoms. The normalized spacial score (nSPS) is 13.6. The first-order valence-corrected chi connectivity index (χ1v) is 12.5. The Morgan fingerprint density at radius 3 is 2.68 bits per heavy atom. The number of benzene rings is 1. The number of aryl methyl sites for hydroxylation is 1. The summed E-state index contributed by atoms with van der Waals surface area (Å²) in [6.07, 6.45) is 4.50. The molecule has 1 amide bonds. The third kappa shape index (κ3) is 7.77. The molecule has 4 N–H and O–H groups in total. The fourth-order valence-electron chi connectivity index (χ4n) is 4.12. The average molecular weight is 502 g/mol. The van der Waals surface area contributed by atoms with E-state index < -0.39 is 0 Å². The van der Waals surface area contributed by atoms with Crippen molar-refractivity contribution < 1.29 is 9.53 Å². The van der Waals surface area contributed by atoms with Crippen LogP contribution in [0.3, 0.4) is 0 Å². The fourth-order valence-corrected chi connectivity index (χ4v) is 4.12. The van der Waals surface area contributed by atoms with Gasteiger partial charge in [0, 0.05) is 45.1 Å². The Kier molecular flexibility index (Phi) is 9.07. The summed E-state index contributed by atoms with van der Waals surface area (Å²) >= 11 is 0. The van der Waals surface area contributed by atoms with Crippen LogP contribution in [0.1, 0.15) is 28.0 Å². The maximum absolute atomic E-state index is 12.6. The molecule has 0 radical (unpaired) electrons. The Bertz CT molecular complexity index is 1190. The second-order valence-corrected chi connectivity index (χ2v) is 9.11. The minimum Gasteiger partial charge on any atom is -0.397 e. The van der Waals surface area contributed by atoms with E-state index in [1.807, 2.05) is 37.3 Å². The Labute approximate surface area is 218 Å². The van der Waals surface area contributed by atoms with Crippen molar-refractivity contribution in [2.24, 2.45) is 0 Å². The van der Waals surface area contributed by atoms with E-state index in [1.54, 1.807) is 30.6 Å². The molecule has 1 aromatic carbocycles. The summed E-state index contributed by atoms with van der Waals surface area (Å²) in [6.45, 7) is 12.2. The number of aromatic nitrogens is 2. The monoisotopic (exact) mass is 501 g/mol. The highest BCUT2D eigenvalue weighted by molar-refractivity contribution is 6.04. The molecule has 1 fully saturated rings. The first-order chi connectivity index (χ1) is 18.0. The molecular formula is C28H35N7O2. The number of anilines is 3. The molecule has 0 aliphatic carbocycles. The molecule has 0 bridgehead atoms. The van der Waals surface area contributed by atoms with E-state index in [4.69, 9.17) is 10.5 Å². The molecule has 1 aliphatic heterocycles. The number of hydrogen-bond acceptors (Lipinski definition) is 8. The molecule has 3 heterocycles. The van der Waals surface area contributed by atoms with E-state index in [-0.39, 0.29) is 5.91 Å². The number of nitrogens with two attached hydrogens (primary N) is 1. The molecule has 194 valence electrons. The molecule has 1 saturated heterocycles. The van der Waals surface area contributed by atoms with Gasteiger partial charge in [-0.15, -0.1) is 0 Å². The number of carbonyl (C=O) groups is 1. The van der Waals surface area contributed by atoms with Crippen LogP contribution in [0.5, 0.6) is 0 Å². The van der Waals surface area contributed by atoms with E-state index in [2.05, 4.69) is 37.0 Å². The molecule has 2 aromatic heterocycles. The molecule has 0 saturated carbocycles. The van der Waals surface area contributed by atoms with Crippen LogP contribution in [-0.2, 0) is 11.3 Å². The van der Waals surface area contributed by atoms with Gasteiger partial charge in [-0.05, 0) is 54.8 Å². The summed E-state index contributed by atoms with van der Waals surface area (Å²) in [5, 5.41) is 6.16. The maximum atomic E-state index is 12.6. The van der Waals surface area contributed by atoms with Gasteiger partial charge in [0.1, 0.15) is 11.5 Å². The number of hydrogen-bond donors (Lipinski definition) is 3. The van der Waals surface area contributed by atoms with E-state index in [1.165, 1.54) is 0 Å². The van der Waals surface area contributed by atoms with E-state index in [0.717, 1.165) is 68.6 Å². The molecule has 9 nitrogen and oxygen atoms in total. The fraction of sp³-hybridized carbons (Fsp3) is 0.321. The summed E-state index contributed by atoms with van der Waals surface area (Å²) in [4.78, 5) is 26.1. The summed E-state index contributed by atoms with van der Waals surface area (Å²) < 4.78 is 5.46. The van der Waals surface area contributed by atoms with Crippen LogP contribution in [0.4, 0.5) is 17.2 Å². The average Bonchev–Trinajstić information content (AvgIpc) is 2.90. The van der Waals surface area contributed by atoms with Crippen LogP contribution in [0.25, 0.3) is 0 Å². The van der Waals surface area contributed by atoms with Gasteiger partial charge in [-0.3, -0.25) is 14.7 Å². The summed E-state index contributed by atoms with van der Waals surface area (Å²) in [6, 6.07) is 14.8. The van der Waals surface area contributed by atoms with Crippen LogP contribution in [0.2, 0.25) is 0 Å². The summed E-state index contributed by atoms with van der Waals surface area (Å²) in [5.74, 6) is 1.22. The third-order valence-electron chi connectivity index (χ3n) is 6.22. The zero-order valence-electron chi connectivity index (χ0n) is 21.3. The Morgan fingerprint density at radius 1 is 1.14 bits per heavy atom. The van der Waals surface area contributed by atoms with Crippen LogP contribution in [0, 0.1) is 6.92 Å². The van der Waals surface area contributed by atoms with E-state index in [9.17, 15) is 4.79 Å². The quantitative estimate of drug-likeness (QED) is 0.341. The number of nitrogens with zero attached hydrogens (tertiary/aromatic N) is 4. The van der Waals surface area contributed by atoms with Gasteiger partial charge in [0.2, 0.25) is 0 Å². The van der Waals surface area contributed by atoms with Crippen LogP contribution in [0.15, 0.2) is 73.3 Å². The van der Waals surface area contributed by atoms with Crippen molar-refractivity contribution in [1.29, 1.82) is 0 Å².